The molecule has 0 fully saturated rings. The van der Waals surface area contributed by atoms with Crippen LogP contribution in [0.15, 0.2) is 12.1 Å². The fraction of sp³-hybridized carbons (Fsp3) is 0.720. The van der Waals surface area contributed by atoms with Crippen molar-refractivity contribution in [2.45, 2.75) is 109 Å². The second-order valence-electron chi connectivity index (χ2n) is 8.67. The second-order valence-corrected chi connectivity index (χ2v) is 8.67. The van der Waals surface area contributed by atoms with E-state index < -0.39 is 11.8 Å². The van der Waals surface area contributed by atoms with Gasteiger partial charge in [0, 0.05) is 26.0 Å². The van der Waals surface area contributed by atoms with E-state index in [4.69, 9.17) is 9.47 Å². The van der Waals surface area contributed by atoms with Crippen LogP contribution in [0.2, 0.25) is 0 Å². The molecule has 0 amide bonds. The number of ether oxygens (including phenoxy) is 2. The first-order valence-electron chi connectivity index (χ1n) is 11.8. The molecule has 1 aromatic rings. The Morgan fingerprint density at radius 2 is 1.43 bits per heavy atom. The van der Waals surface area contributed by atoms with Gasteiger partial charge in [0.1, 0.15) is 17.1 Å². The van der Waals surface area contributed by atoms with Crippen LogP contribution in [0, 0.1) is 0 Å². The first kappa shape index (κ1) is 24.5. The van der Waals surface area contributed by atoms with E-state index >= 15 is 0 Å². The van der Waals surface area contributed by atoms with Crippen LogP contribution in [0.4, 0.5) is 0 Å². The molecule has 2 rings (SSSR count). The largest absolute Gasteiger partial charge is 0.508 e. The number of phenols is 2. The summed E-state index contributed by atoms with van der Waals surface area (Å²) in [6.45, 7) is 2.26. The third-order valence-electron chi connectivity index (χ3n) is 6.16. The van der Waals surface area contributed by atoms with Crippen molar-refractivity contribution in [3.63, 3.8) is 0 Å². The van der Waals surface area contributed by atoms with Crippen molar-refractivity contribution in [1.82, 2.24) is 0 Å². The van der Waals surface area contributed by atoms with Gasteiger partial charge in [0.15, 0.2) is 0 Å². The molecule has 0 aliphatic carbocycles. The molecular formula is C25H40O5. The van der Waals surface area contributed by atoms with Crippen molar-refractivity contribution >= 4 is 5.97 Å². The van der Waals surface area contributed by atoms with E-state index in [1.807, 2.05) is 0 Å². The summed E-state index contributed by atoms with van der Waals surface area (Å²) in [6, 6.07) is 2.67. The topological polar surface area (TPSA) is 76.0 Å². The predicted molar refractivity (Wildman–Crippen MR) is 119 cm³/mol. The SMILES string of the molecule is CCCCCCCCCCCCCCCC1(OC)Cc2cc(O)cc(O)c2C(=O)O1. The Balaban J connectivity index is 1.63. The molecule has 0 saturated carbocycles. The standard InChI is InChI=1S/C25H40O5/c1-3-4-5-6-7-8-9-10-11-12-13-14-15-16-25(29-2)19-20-17-21(26)18-22(27)23(20)24(28)30-25/h17-18,26-27H,3-16,19H2,1-2H3. The summed E-state index contributed by atoms with van der Waals surface area (Å²) in [5.74, 6) is -1.92. The number of carbonyl (C=O) groups is 1. The molecule has 1 unspecified atom stereocenters. The molecule has 1 heterocycles. The second kappa shape index (κ2) is 12.8. The van der Waals surface area contributed by atoms with Gasteiger partial charge < -0.3 is 19.7 Å². The van der Waals surface area contributed by atoms with Crippen LogP contribution < -0.4 is 0 Å². The molecular weight excluding hydrogens is 380 g/mol. The number of unbranched alkanes of at least 4 members (excludes halogenated alkanes) is 12. The molecule has 1 aliphatic heterocycles. The van der Waals surface area contributed by atoms with Crippen molar-refractivity contribution in [3.05, 3.63) is 23.3 Å². The zero-order chi connectivity index (χ0) is 21.8. The number of phenolic OH excluding ortho intramolecular Hbond substituents is 2. The number of aromatic hydroxyl groups is 2. The zero-order valence-electron chi connectivity index (χ0n) is 18.9. The molecule has 5 heteroatoms. The van der Waals surface area contributed by atoms with Gasteiger partial charge in [-0.05, 0) is 18.1 Å². The van der Waals surface area contributed by atoms with Gasteiger partial charge in [0.25, 0.3) is 0 Å². The molecule has 1 aromatic carbocycles. The number of methoxy groups -OCH3 is 1. The maximum atomic E-state index is 12.4. The molecule has 5 nitrogen and oxygen atoms in total. The van der Waals surface area contributed by atoms with Gasteiger partial charge in [0.05, 0.1) is 0 Å². The highest BCUT2D eigenvalue weighted by Gasteiger charge is 2.41. The maximum absolute atomic E-state index is 12.4. The summed E-state index contributed by atoms with van der Waals surface area (Å²) in [7, 11) is 1.54. The summed E-state index contributed by atoms with van der Waals surface area (Å²) < 4.78 is 11.2. The van der Waals surface area contributed by atoms with E-state index in [0.717, 1.165) is 18.9 Å². The minimum absolute atomic E-state index is 0.0630. The average Bonchev–Trinajstić information content (AvgIpc) is 2.70. The van der Waals surface area contributed by atoms with Crippen LogP contribution in [0.25, 0.3) is 0 Å². The van der Waals surface area contributed by atoms with Crippen molar-refractivity contribution in [2.75, 3.05) is 7.11 Å². The Bertz CT molecular complexity index is 657. The van der Waals surface area contributed by atoms with Gasteiger partial charge in [-0.3, -0.25) is 0 Å². The number of fused-ring (bicyclic) bond motifs is 1. The third kappa shape index (κ3) is 7.50. The van der Waals surface area contributed by atoms with Crippen molar-refractivity contribution in [2.24, 2.45) is 0 Å². The minimum Gasteiger partial charge on any atom is -0.508 e. The first-order chi connectivity index (χ1) is 14.5. The van der Waals surface area contributed by atoms with Gasteiger partial charge in [-0.2, -0.15) is 0 Å². The lowest BCUT2D eigenvalue weighted by Gasteiger charge is -2.36. The first-order valence-corrected chi connectivity index (χ1v) is 11.8. The highest BCUT2D eigenvalue weighted by Crippen LogP contribution is 2.38. The van der Waals surface area contributed by atoms with Crippen LogP contribution in [-0.4, -0.2) is 29.1 Å². The molecule has 0 bridgehead atoms. The van der Waals surface area contributed by atoms with E-state index in [1.165, 1.54) is 76.7 Å². The number of esters is 1. The van der Waals surface area contributed by atoms with Crippen molar-refractivity contribution in [3.8, 4) is 11.5 Å². The molecule has 1 aliphatic rings. The van der Waals surface area contributed by atoms with E-state index in [-0.39, 0.29) is 17.1 Å². The molecule has 170 valence electrons. The van der Waals surface area contributed by atoms with Crippen molar-refractivity contribution < 1.29 is 24.5 Å². The zero-order valence-corrected chi connectivity index (χ0v) is 18.9. The summed E-state index contributed by atoms with van der Waals surface area (Å²) in [4.78, 5) is 12.4. The van der Waals surface area contributed by atoms with E-state index in [9.17, 15) is 15.0 Å². The van der Waals surface area contributed by atoms with Gasteiger partial charge in [-0.15, -0.1) is 0 Å². The number of benzene rings is 1. The molecule has 2 N–H and O–H groups in total. The van der Waals surface area contributed by atoms with Crippen LogP contribution in [-0.2, 0) is 15.9 Å². The summed E-state index contributed by atoms with van der Waals surface area (Å²) in [5, 5.41) is 19.7. The smallest absolute Gasteiger partial charge is 0.344 e. The van der Waals surface area contributed by atoms with Gasteiger partial charge >= 0.3 is 5.97 Å². The number of cyclic esters (lactones) is 1. The molecule has 0 radical (unpaired) electrons. The molecule has 30 heavy (non-hydrogen) atoms. The quantitative estimate of drug-likeness (QED) is 0.246. The Kier molecular flexibility index (Phi) is 10.5. The molecule has 0 spiro atoms. The third-order valence-corrected chi connectivity index (χ3v) is 6.16. The number of hydrogen-bond acceptors (Lipinski definition) is 5. The maximum Gasteiger partial charge on any atom is 0.344 e. The summed E-state index contributed by atoms with van der Waals surface area (Å²) in [6.07, 6.45) is 17.6. The minimum atomic E-state index is -1.01. The van der Waals surface area contributed by atoms with Gasteiger partial charge in [0.2, 0.25) is 5.79 Å². The number of rotatable bonds is 15. The normalized spacial score (nSPS) is 18.3. The molecule has 0 saturated heterocycles. The van der Waals surface area contributed by atoms with E-state index in [1.54, 1.807) is 7.11 Å². The van der Waals surface area contributed by atoms with Crippen molar-refractivity contribution in [1.29, 1.82) is 0 Å². The Labute approximate surface area is 181 Å². The lowest BCUT2D eigenvalue weighted by Crippen LogP contribution is -2.43. The van der Waals surface area contributed by atoms with Gasteiger partial charge in [-0.1, -0.05) is 84.0 Å². The van der Waals surface area contributed by atoms with Crippen LogP contribution in [0.1, 0.15) is 113 Å². The Hall–Kier alpha value is -1.75. The lowest BCUT2D eigenvalue weighted by molar-refractivity contribution is -0.195. The fourth-order valence-electron chi connectivity index (χ4n) is 4.36. The molecule has 0 aromatic heterocycles. The van der Waals surface area contributed by atoms with Gasteiger partial charge in [-0.25, -0.2) is 4.79 Å². The van der Waals surface area contributed by atoms with Crippen LogP contribution >= 0.6 is 0 Å². The summed E-state index contributed by atoms with van der Waals surface area (Å²) in [5.41, 5.74) is 0.700. The molecule has 1 atom stereocenters. The summed E-state index contributed by atoms with van der Waals surface area (Å²) >= 11 is 0. The number of hydrogen-bond donors (Lipinski definition) is 2. The highest BCUT2D eigenvalue weighted by molar-refractivity contribution is 5.95. The lowest BCUT2D eigenvalue weighted by atomic mass is 9.91. The van der Waals surface area contributed by atoms with Crippen LogP contribution in [0.5, 0.6) is 11.5 Å². The average molecular weight is 421 g/mol. The number of carbonyl (C=O) groups excluding carboxylic acids is 1. The van der Waals surface area contributed by atoms with E-state index in [2.05, 4.69) is 6.92 Å². The highest BCUT2D eigenvalue weighted by atomic mass is 16.7. The predicted octanol–water partition coefficient (Wildman–Crippen LogP) is 6.63. The van der Waals surface area contributed by atoms with E-state index in [0.29, 0.717) is 18.4 Å². The van der Waals surface area contributed by atoms with Crippen LogP contribution in [0.3, 0.4) is 0 Å². The monoisotopic (exact) mass is 420 g/mol. The Morgan fingerprint density at radius 3 is 1.97 bits per heavy atom. The fourth-order valence-corrected chi connectivity index (χ4v) is 4.36. The Morgan fingerprint density at radius 1 is 0.900 bits per heavy atom.